The molecule has 0 bridgehead atoms. The van der Waals surface area contributed by atoms with E-state index in [-0.39, 0.29) is 11.9 Å². The van der Waals surface area contributed by atoms with Gasteiger partial charge in [0, 0.05) is 36.4 Å². The summed E-state index contributed by atoms with van der Waals surface area (Å²) in [4.78, 5) is 4.24. The number of nitrogens with zero attached hydrogens (tertiary/aromatic N) is 5. The summed E-state index contributed by atoms with van der Waals surface area (Å²) in [7, 11) is 1.86. The lowest BCUT2D eigenvalue weighted by Gasteiger charge is -2.15. The first-order valence-corrected chi connectivity index (χ1v) is 9.47. The van der Waals surface area contributed by atoms with Crippen molar-refractivity contribution in [1.82, 2.24) is 29.9 Å². The molecule has 3 aromatic heterocycles. The summed E-state index contributed by atoms with van der Waals surface area (Å²) in [5.41, 5.74) is 4.76. The average Bonchev–Trinajstić information content (AvgIpc) is 3.41. The van der Waals surface area contributed by atoms with Gasteiger partial charge in [-0.1, -0.05) is 6.07 Å². The number of nitrogens with one attached hydrogen (secondary N) is 1. The third-order valence-electron chi connectivity index (χ3n) is 5.41. The molecule has 1 atom stereocenters. The number of hydrogen-bond acceptors (Lipinski definition) is 4. The second kappa shape index (κ2) is 6.53. The van der Waals surface area contributed by atoms with Crippen LogP contribution in [0.4, 0.5) is 4.39 Å². The van der Waals surface area contributed by atoms with Crippen LogP contribution >= 0.6 is 0 Å². The number of aryl methyl sites for hydroxylation is 2. The lowest BCUT2D eigenvalue weighted by molar-refractivity contribution is 0.594. The van der Waals surface area contributed by atoms with Crippen molar-refractivity contribution >= 4 is 10.9 Å². The summed E-state index contributed by atoms with van der Waals surface area (Å²) in [6.45, 7) is 2.92. The predicted octanol–water partition coefficient (Wildman–Crippen LogP) is 3.69. The zero-order valence-electron chi connectivity index (χ0n) is 15.9. The van der Waals surface area contributed by atoms with Crippen LogP contribution in [-0.2, 0) is 7.05 Å². The van der Waals surface area contributed by atoms with E-state index in [2.05, 4.69) is 21.5 Å². The highest BCUT2D eigenvalue weighted by Crippen LogP contribution is 2.33. The zero-order chi connectivity index (χ0) is 19.3. The first-order chi connectivity index (χ1) is 13.6. The topological polar surface area (TPSA) is 60.6 Å². The number of benzene rings is 1. The monoisotopic (exact) mass is 376 g/mol. The summed E-state index contributed by atoms with van der Waals surface area (Å²) in [6.07, 6.45) is 9.30. The molecule has 1 N–H and O–H groups in total. The van der Waals surface area contributed by atoms with Crippen molar-refractivity contribution in [2.24, 2.45) is 7.05 Å². The zero-order valence-corrected chi connectivity index (χ0v) is 15.9. The molecule has 4 heterocycles. The maximum Gasteiger partial charge on any atom is 0.149 e. The van der Waals surface area contributed by atoms with E-state index in [0.29, 0.717) is 5.69 Å². The van der Waals surface area contributed by atoms with Gasteiger partial charge in [0.15, 0.2) is 0 Å². The van der Waals surface area contributed by atoms with Crippen LogP contribution in [0.25, 0.3) is 27.8 Å². The smallest absolute Gasteiger partial charge is 0.149 e. The minimum absolute atomic E-state index is 0.226. The van der Waals surface area contributed by atoms with E-state index in [1.54, 1.807) is 34.0 Å². The van der Waals surface area contributed by atoms with Gasteiger partial charge < -0.3 is 5.32 Å². The molecule has 1 unspecified atom stereocenters. The third kappa shape index (κ3) is 2.70. The Morgan fingerprint density at radius 2 is 2.14 bits per heavy atom. The minimum Gasteiger partial charge on any atom is -0.310 e. The van der Waals surface area contributed by atoms with Gasteiger partial charge >= 0.3 is 0 Å². The quantitative estimate of drug-likeness (QED) is 0.592. The van der Waals surface area contributed by atoms with Crippen LogP contribution in [0.1, 0.15) is 30.0 Å². The SMILES string of the molecule is Cc1cc(C2CCCN2)cc(F)c1-n1nc(-c2cnn(C)c2)c2ccncc21. The Labute approximate surface area is 162 Å². The Morgan fingerprint density at radius 3 is 2.86 bits per heavy atom. The van der Waals surface area contributed by atoms with Crippen LogP contribution in [0.3, 0.4) is 0 Å². The first kappa shape index (κ1) is 17.1. The molecular weight excluding hydrogens is 355 g/mol. The fourth-order valence-corrected chi connectivity index (χ4v) is 4.09. The Bertz CT molecular complexity index is 1150. The van der Waals surface area contributed by atoms with E-state index in [9.17, 15) is 0 Å². The molecule has 28 heavy (non-hydrogen) atoms. The highest BCUT2D eigenvalue weighted by atomic mass is 19.1. The summed E-state index contributed by atoms with van der Waals surface area (Å²) >= 11 is 0. The lowest BCUT2D eigenvalue weighted by Crippen LogP contribution is -2.14. The minimum atomic E-state index is -0.269. The molecule has 1 aliphatic heterocycles. The summed E-state index contributed by atoms with van der Waals surface area (Å²) in [5, 5.41) is 13.4. The van der Waals surface area contributed by atoms with Gasteiger partial charge in [0.2, 0.25) is 0 Å². The first-order valence-electron chi connectivity index (χ1n) is 9.47. The van der Waals surface area contributed by atoms with Crippen molar-refractivity contribution in [2.75, 3.05) is 6.54 Å². The number of halogens is 1. The molecule has 1 aromatic carbocycles. The van der Waals surface area contributed by atoms with E-state index in [4.69, 9.17) is 5.10 Å². The molecule has 0 radical (unpaired) electrons. The van der Waals surface area contributed by atoms with Gasteiger partial charge in [0.05, 0.1) is 17.9 Å². The van der Waals surface area contributed by atoms with Gasteiger partial charge in [-0.15, -0.1) is 0 Å². The normalized spacial score (nSPS) is 16.9. The second-order valence-corrected chi connectivity index (χ2v) is 7.37. The predicted molar refractivity (Wildman–Crippen MR) is 106 cm³/mol. The molecular formula is C21H21FN6. The average molecular weight is 376 g/mol. The van der Waals surface area contributed by atoms with Gasteiger partial charge in [0.1, 0.15) is 17.2 Å². The molecule has 1 fully saturated rings. The van der Waals surface area contributed by atoms with Gasteiger partial charge in [-0.25, -0.2) is 9.07 Å². The fraction of sp³-hybridized carbons (Fsp3) is 0.286. The Kier molecular flexibility index (Phi) is 3.98. The van der Waals surface area contributed by atoms with E-state index in [1.165, 1.54) is 0 Å². The molecule has 1 saturated heterocycles. The molecule has 0 amide bonds. The Balaban J connectivity index is 1.69. The van der Waals surface area contributed by atoms with Crippen molar-refractivity contribution in [2.45, 2.75) is 25.8 Å². The largest absolute Gasteiger partial charge is 0.310 e. The van der Waals surface area contributed by atoms with Crippen molar-refractivity contribution in [3.05, 3.63) is 59.9 Å². The molecule has 0 saturated carbocycles. The van der Waals surface area contributed by atoms with Gasteiger partial charge in [-0.3, -0.25) is 9.67 Å². The third-order valence-corrected chi connectivity index (χ3v) is 5.41. The molecule has 0 aliphatic carbocycles. The van der Waals surface area contributed by atoms with Crippen molar-refractivity contribution in [3.63, 3.8) is 0 Å². The highest BCUT2D eigenvalue weighted by molar-refractivity contribution is 5.93. The van der Waals surface area contributed by atoms with Crippen LogP contribution in [0, 0.1) is 12.7 Å². The van der Waals surface area contributed by atoms with Crippen molar-refractivity contribution in [3.8, 4) is 16.9 Å². The number of pyridine rings is 1. The summed E-state index contributed by atoms with van der Waals surface area (Å²) in [6, 6.07) is 5.84. The van der Waals surface area contributed by atoms with Gasteiger partial charge in [-0.05, 0) is 49.6 Å². The van der Waals surface area contributed by atoms with E-state index >= 15 is 4.39 Å². The number of aromatic nitrogens is 5. The molecule has 142 valence electrons. The molecule has 7 heteroatoms. The molecule has 4 aromatic rings. The van der Waals surface area contributed by atoms with Crippen LogP contribution in [0.5, 0.6) is 0 Å². The van der Waals surface area contributed by atoms with Gasteiger partial charge in [-0.2, -0.15) is 10.2 Å². The molecule has 1 aliphatic rings. The summed E-state index contributed by atoms with van der Waals surface area (Å²) < 4.78 is 18.7. The fourth-order valence-electron chi connectivity index (χ4n) is 4.09. The van der Waals surface area contributed by atoms with Crippen molar-refractivity contribution < 1.29 is 4.39 Å². The number of rotatable bonds is 3. The van der Waals surface area contributed by atoms with E-state index in [1.807, 2.05) is 26.2 Å². The Morgan fingerprint density at radius 1 is 1.25 bits per heavy atom. The molecule has 6 nitrogen and oxygen atoms in total. The van der Waals surface area contributed by atoms with Crippen LogP contribution < -0.4 is 5.32 Å². The highest BCUT2D eigenvalue weighted by Gasteiger charge is 2.22. The van der Waals surface area contributed by atoms with E-state index in [0.717, 1.165) is 52.7 Å². The van der Waals surface area contributed by atoms with Gasteiger partial charge in [0.25, 0.3) is 0 Å². The maximum atomic E-state index is 15.3. The van der Waals surface area contributed by atoms with E-state index < -0.39 is 0 Å². The standard InChI is InChI=1S/C21H21FN6/c1-13-8-14(18-4-3-6-24-18)9-17(22)21(13)28-19-11-23-7-5-16(19)20(26-28)15-10-25-27(2)12-15/h5,7-12,18,24H,3-4,6H2,1-2H3. The number of fused-ring (bicyclic) bond motifs is 1. The van der Waals surface area contributed by atoms with Crippen molar-refractivity contribution in [1.29, 1.82) is 0 Å². The molecule has 0 spiro atoms. The Hall–Kier alpha value is -3.06. The van der Waals surface area contributed by atoms with Crippen LogP contribution in [0.15, 0.2) is 43.0 Å². The maximum absolute atomic E-state index is 15.3. The lowest BCUT2D eigenvalue weighted by atomic mass is 10.0. The van der Waals surface area contributed by atoms with Crippen LogP contribution in [-0.4, -0.2) is 31.1 Å². The summed E-state index contributed by atoms with van der Waals surface area (Å²) in [5.74, 6) is -0.269. The molecule has 5 rings (SSSR count). The van der Waals surface area contributed by atoms with Crippen LogP contribution in [0.2, 0.25) is 0 Å². The second-order valence-electron chi connectivity index (χ2n) is 7.37. The number of hydrogen-bond donors (Lipinski definition) is 1.